The van der Waals surface area contributed by atoms with Gasteiger partial charge in [0.2, 0.25) is 6.29 Å². The van der Waals surface area contributed by atoms with Crippen LogP contribution >= 0.6 is 0 Å². The fourth-order valence-corrected chi connectivity index (χ4v) is 3.90. The van der Waals surface area contributed by atoms with E-state index >= 15 is 0 Å². The van der Waals surface area contributed by atoms with Crippen molar-refractivity contribution in [2.75, 3.05) is 11.9 Å². The van der Waals surface area contributed by atoms with Gasteiger partial charge in [0.05, 0.1) is 6.61 Å². The predicted molar refractivity (Wildman–Crippen MR) is 132 cm³/mol. The van der Waals surface area contributed by atoms with E-state index in [1.807, 2.05) is 19.9 Å². The molecule has 3 aromatic rings. The molecule has 2 heterocycles. The van der Waals surface area contributed by atoms with Gasteiger partial charge in [0, 0.05) is 16.5 Å². The molecule has 4 rings (SSSR count). The zero-order valence-corrected chi connectivity index (χ0v) is 20.0. The molecule has 3 N–H and O–H groups in total. The molecule has 0 saturated carbocycles. The Morgan fingerprint density at radius 2 is 2.03 bits per heavy atom. The van der Waals surface area contributed by atoms with Crippen molar-refractivity contribution in [2.24, 2.45) is 0 Å². The minimum atomic E-state index is -0.780. The first kappa shape index (κ1) is 24.5. The molecule has 8 heteroatoms. The number of anilines is 1. The first-order valence-electron chi connectivity index (χ1n) is 11.5. The summed E-state index contributed by atoms with van der Waals surface area (Å²) in [4.78, 5) is 25.5. The van der Waals surface area contributed by atoms with E-state index < -0.39 is 23.9 Å². The zero-order valence-electron chi connectivity index (χ0n) is 20.0. The summed E-state index contributed by atoms with van der Waals surface area (Å²) >= 11 is 0. The average molecular weight is 480 g/mol. The molecule has 1 fully saturated rings. The van der Waals surface area contributed by atoms with E-state index in [9.17, 15) is 19.8 Å². The van der Waals surface area contributed by atoms with Gasteiger partial charge in [0.1, 0.15) is 28.9 Å². The summed E-state index contributed by atoms with van der Waals surface area (Å²) in [6.45, 7) is 6.16. The SMILES string of the molecule is CC(C)=CCc1cc(C(=O)Nc2cc3ccc(O[C@H]4OCCC[C@H]4O)c(C)c3oc2=O)ccc1O. The topological polar surface area (TPSA) is 118 Å². The maximum Gasteiger partial charge on any atom is 0.360 e. The van der Waals surface area contributed by atoms with Gasteiger partial charge in [-0.15, -0.1) is 0 Å². The number of hydrogen-bond donors (Lipinski definition) is 3. The molecule has 0 bridgehead atoms. The van der Waals surface area contributed by atoms with Crippen LogP contribution in [0.15, 0.2) is 57.3 Å². The minimum Gasteiger partial charge on any atom is -0.508 e. The molecule has 0 spiro atoms. The molecule has 1 aliphatic heterocycles. The molecule has 2 aromatic carbocycles. The number of amides is 1. The van der Waals surface area contributed by atoms with Crippen molar-refractivity contribution < 1.29 is 28.9 Å². The van der Waals surface area contributed by atoms with Gasteiger partial charge in [-0.1, -0.05) is 11.6 Å². The molecule has 1 saturated heterocycles. The Kier molecular flexibility index (Phi) is 7.23. The largest absolute Gasteiger partial charge is 0.508 e. The number of aryl methyl sites for hydroxylation is 1. The quantitative estimate of drug-likeness (QED) is 0.353. The number of hydrogen-bond acceptors (Lipinski definition) is 7. The first-order valence-corrected chi connectivity index (χ1v) is 11.5. The molecular weight excluding hydrogens is 450 g/mol. The highest BCUT2D eigenvalue weighted by atomic mass is 16.7. The second-order valence-corrected chi connectivity index (χ2v) is 8.90. The Bertz CT molecular complexity index is 1340. The van der Waals surface area contributed by atoms with Crippen molar-refractivity contribution in [1.29, 1.82) is 0 Å². The highest BCUT2D eigenvalue weighted by molar-refractivity contribution is 6.05. The maximum atomic E-state index is 12.8. The predicted octanol–water partition coefficient (Wildman–Crippen LogP) is 4.44. The molecule has 0 aliphatic carbocycles. The van der Waals surface area contributed by atoms with Gasteiger partial charge in [0.15, 0.2) is 0 Å². The van der Waals surface area contributed by atoms with Crippen LogP contribution in [0.5, 0.6) is 11.5 Å². The van der Waals surface area contributed by atoms with Crippen LogP contribution in [0.3, 0.4) is 0 Å². The number of ether oxygens (including phenoxy) is 2. The fourth-order valence-electron chi connectivity index (χ4n) is 3.90. The summed E-state index contributed by atoms with van der Waals surface area (Å²) < 4.78 is 16.9. The lowest BCUT2D eigenvalue weighted by Crippen LogP contribution is -2.38. The summed E-state index contributed by atoms with van der Waals surface area (Å²) in [5.74, 6) is 0.0514. The fraction of sp³-hybridized carbons (Fsp3) is 0.333. The van der Waals surface area contributed by atoms with Crippen molar-refractivity contribution in [1.82, 2.24) is 0 Å². The van der Waals surface area contributed by atoms with E-state index in [1.54, 1.807) is 31.2 Å². The van der Waals surface area contributed by atoms with E-state index in [2.05, 4.69) is 5.32 Å². The van der Waals surface area contributed by atoms with E-state index in [-0.39, 0.29) is 11.4 Å². The van der Waals surface area contributed by atoms with E-state index in [0.29, 0.717) is 52.9 Å². The van der Waals surface area contributed by atoms with Crippen LogP contribution in [0.2, 0.25) is 0 Å². The Balaban J connectivity index is 1.57. The lowest BCUT2D eigenvalue weighted by molar-refractivity contribution is -0.170. The molecule has 1 amide bonds. The number of phenolic OH excluding ortho intramolecular Hbond substituents is 1. The third-order valence-electron chi connectivity index (χ3n) is 5.90. The van der Waals surface area contributed by atoms with Gasteiger partial charge in [-0.05, 0) is 82.0 Å². The molecule has 1 aromatic heterocycles. The lowest BCUT2D eigenvalue weighted by Gasteiger charge is -2.28. The zero-order chi connectivity index (χ0) is 25.1. The van der Waals surface area contributed by atoms with Crippen molar-refractivity contribution in [3.63, 3.8) is 0 Å². The van der Waals surface area contributed by atoms with Gasteiger partial charge in [0.25, 0.3) is 5.91 Å². The number of carbonyl (C=O) groups excluding carboxylic acids is 1. The third-order valence-corrected chi connectivity index (χ3v) is 5.90. The molecule has 35 heavy (non-hydrogen) atoms. The second-order valence-electron chi connectivity index (χ2n) is 8.90. The van der Waals surface area contributed by atoms with Gasteiger partial charge in [-0.25, -0.2) is 4.79 Å². The molecule has 184 valence electrons. The van der Waals surface area contributed by atoms with E-state index in [0.717, 1.165) is 12.0 Å². The first-order chi connectivity index (χ1) is 16.7. The average Bonchev–Trinajstić information content (AvgIpc) is 2.82. The number of aliphatic hydroxyl groups is 1. The third kappa shape index (κ3) is 5.55. The number of nitrogens with one attached hydrogen (secondary N) is 1. The van der Waals surface area contributed by atoms with Crippen LogP contribution in [0.1, 0.15) is 48.2 Å². The van der Waals surface area contributed by atoms with E-state index in [1.165, 1.54) is 12.1 Å². The van der Waals surface area contributed by atoms with Gasteiger partial charge in [-0.2, -0.15) is 0 Å². The van der Waals surface area contributed by atoms with Crippen molar-refractivity contribution in [2.45, 2.75) is 52.4 Å². The number of fused-ring (bicyclic) bond motifs is 1. The maximum absolute atomic E-state index is 12.8. The number of phenols is 1. The molecule has 2 atom stereocenters. The second kappa shape index (κ2) is 10.3. The van der Waals surface area contributed by atoms with Crippen molar-refractivity contribution in [3.8, 4) is 11.5 Å². The number of rotatable bonds is 6. The minimum absolute atomic E-state index is 0.000489. The molecule has 0 radical (unpaired) electrons. The van der Waals surface area contributed by atoms with Crippen LogP contribution in [0.25, 0.3) is 11.0 Å². The monoisotopic (exact) mass is 479 g/mol. The lowest BCUT2D eigenvalue weighted by atomic mass is 10.0. The summed E-state index contributed by atoms with van der Waals surface area (Å²) in [6, 6.07) is 9.53. The number of carbonyl (C=O) groups is 1. The Morgan fingerprint density at radius 1 is 1.23 bits per heavy atom. The summed E-state index contributed by atoms with van der Waals surface area (Å²) in [5, 5.41) is 23.4. The Hall–Kier alpha value is -3.62. The standard InChI is InChI=1S/C27H29NO7/c1-15(2)6-7-17-13-19(8-10-21(17)29)25(31)28-20-14-18-9-11-23(16(3)24(18)35-26(20)32)34-27-22(30)5-4-12-33-27/h6,8-11,13-14,22,27,29-30H,4-5,7,12H2,1-3H3,(H,28,31)/t22-,27-/m1/s1. The normalized spacial score (nSPS) is 17.7. The van der Waals surface area contributed by atoms with Gasteiger partial charge in [-0.3, -0.25) is 4.79 Å². The molecule has 8 nitrogen and oxygen atoms in total. The highest BCUT2D eigenvalue weighted by Crippen LogP contribution is 2.30. The number of aromatic hydroxyl groups is 1. The van der Waals surface area contributed by atoms with Crippen LogP contribution in [0, 0.1) is 6.92 Å². The van der Waals surface area contributed by atoms with Gasteiger partial charge < -0.3 is 29.4 Å². The van der Waals surface area contributed by atoms with Crippen LogP contribution in [-0.2, 0) is 11.2 Å². The summed E-state index contributed by atoms with van der Waals surface area (Å²) in [6.07, 6.45) is 2.29. The van der Waals surface area contributed by atoms with Gasteiger partial charge >= 0.3 is 5.63 Å². The Labute approximate surface area is 202 Å². The smallest absolute Gasteiger partial charge is 0.360 e. The summed E-state index contributed by atoms with van der Waals surface area (Å²) in [7, 11) is 0. The molecular formula is C27H29NO7. The number of aliphatic hydroxyl groups excluding tert-OH is 1. The van der Waals surface area contributed by atoms with Crippen LogP contribution in [0.4, 0.5) is 5.69 Å². The van der Waals surface area contributed by atoms with Crippen molar-refractivity contribution >= 4 is 22.6 Å². The number of benzene rings is 2. The molecule has 0 unspecified atom stereocenters. The summed E-state index contributed by atoms with van der Waals surface area (Å²) in [5.41, 5.74) is 2.22. The van der Waals surface area contributed by atoms with Crippen molar-refractivity contribution in [3.05, 3.63) is 75.2 Å². The van der Waals surface area contributed by atoms with E-state index in [4.69, 9.17) is 13.9 Å². The van der Waals surface area contributed by atoms with Crippen LogP contribution in [-0.4, -0.2) is 35.1 Å². The molecule has 1 aliphatic rings. The highest BCUT2D eigenvalue weighted by Gasteiger charge is 2.26. The number of allylic oxidation sites excluding steroid dienone is 2. The Morgan fingerprint density at radius 3 is 2.77 bits per heavy atom. The van der Waals surface area contributed by atoms with Crippen LogP contribution < -0.4 is 15.7 Å².